The van der Waals surface area contributed by atoms with Crippen LogP contribution >= 0.6 is 0 Å². The van der Waals surface area contributed by atoms with E-state index < -0.39 is 10.0 Å². The molecular weight excluding hydrogens is 382 g/mol. The monoisotopic (exact) mass is 401 g/mol. The molecule has 1 aliphatic rings. The summed E-state index contributed by atoms with van der Waals surface area (Å²) < 4.78 is 42.8. The summed E-state index contributed by atoms with van der Waals surface area (Å²) in [5.74, 6) is 1.42. The second-order valence-electron chi connectivity index (χ2n) is 6.15. The Hall–Kier alpha value is -2.75. The molecule has 1 aromatic heterocycles. The second-order valence-corrected chi connectivity index (χ2v) is 8.09. The lowest BCUT2D eigenvalue weighted by atomic mass is 10.2. The topological polar surface area (TPSA) is 94.8 Å². The Kier molecular flexibility index (Phi) is 5.38. The van der Waals surface area contributed by atoms with Gasteiger partial charge in [-0.1, -0.05) is 23.4 Å². The molecule has 0 bridgehead atoms. The summed E-state index contributed by atoms with van der Waals surface area (Å²) in [4.78, 5) is 4.53. The number of benzene rings is 2. The molecule has 0 amide bonds. The van der Waals surface area contributed by atoms with Crippen LogP contribution in [0.15, 0.2) is 64.0 Å². The van der Waals surface area contributed by atoms with Crippen LogP contribution in [0, 0.1) is 0 Å². The molecule has 9 heteroatoms. The first kappa shape index (κ1) is 18.6. The maximum Gasteiger partial charge on any atom is 0.264 e. The molecule has 0 N–H and O–H groups in total. The molecule has 1 aliphatic heterocycles. The van der Waals surface area contributed by atoms with Gasteiger partial charge in [-0.25, -0.2) is 8.42 Å². The summed E-state index contributed by atoms with van der Waals surface area (Å²) >= 11 is 0. The predicted octanol–water partition coefficient (Wildman–Crippen LogP) is 2.34. The smallest absolute Gasteiger partial charge is 0.264 e. The van der Waals surface area contributed by atoms with Crippen molar-refractivity contribution >= 4 is 10.0 Å². The number of morpholine rings is 1. The van der Waals surface area contributed by atoms with Gasteiger partial charge in [0.15, 0.2) is 6.61 Å². The van der Waals surface area contributed by atoms with Gasteiger partial charge in [0.25, 0.3) is 5.89 Å². The Balaban J connectivity index is 1.45. The molecule has 0 radical (unpaired) electrons. The molecular formula is C19H19N3O5S. The van der Waals surface area contributed by atoms with Crippen LogP contribution in [0.25, 0.3) is 11.4 Å². The second kappa shape index (κ2) is 8.09. The third-order valence-electron chi connectivity index (χ3n) is 4.29. The van der Waals surface area contributed by atoms with Gasteiger partial charge in [0.05, 0.1) is 18.1 Å². The molecule has 0 saturated carbocycles. The number of para-hydroxylation sites is 1. The summed E-state index contributed by atoms with van der Waals surface area (Å²) in [6.07, 6.45) is 0. The first-order valence-electron chi connectivity index (χ1n) is 8.82. The minimum absolute atomic E-state index is 0.153. The highest BCUT2D eigenvalue weighted by Crippen LogP contribution is 2.22. The molecule has 4 rings (SSSR count). The zero-order chi connectivity index (χ0) is 19.4. The molecule has 0 spiro atoms. The van der Waals surface area contributed by atoms with Crippen molar-refractivity contribution in [3.05, 3.63) is 60.5 Å². The van der Waals surface area contributed by atoms with E-state index in [-0.39, 0.29) is 11.5 Å². The molecule has 2 heterocycles. The molecule has 1 saturated heterocycles. The minimum atomic E-state index is -3.53. The minimum Gasteiger partial charge on any atom is -0.484 e. The first-order valence-corrected chi connectivity index (χ1v) is 10.3. The van der Waals surface area contributed by atoms with Crippen LogP contribution in [-0.4, -0.2) is 49.2 Å². The van der Waals surface area contributed by atoms with Crippen molar-refractivity contribution in [3.8, 4) is 17.1 Å². The quantitative estimate of drug-likeness (QED) is 0.626. The third-order valence-corrected chi connectivity index (χ3v) is 6.21. The van der Waals surface area contributed by atoms with Gasteiger partial charge in [-0.15, -0.1) is 0 Å². The third kappa shape index (κ3) is 4.06. The van der Waals surface area contributed by atoms with Crippen molar-refractivity contribution in [2.75, 3.05) is 26.3 Å². The summed E-state index contributed by atoms with van der Waals surface area (Å²) in [5.41, 5.74) is 0.663. The fraction of sp³-hybridized carbons (Fsp3) is 0.263. The van der Waals surface area contributed by atoms with Gasteiger partial charge < -0.3 is 14.0 Å². The zero-order valence-electron chi connectivity index (χ0n) is 15.0. The molecule has 3 aromatic rings. The van der Waals surface area contributed by atoms with Gasteiger partial charge in [0.1, 0.15) is 5.75 Å². The molecule has 2 aromatic carbocycles. The maximum absolute atomic E-state index is 12.7. The van der Waals surface area contributed by atoms with E-state index in [2.05, 4.69) is 10.1 Å². The highest BCUT2D eigenvalue weighted by Gasteiger charge is 2.26. The zero-order valence-corrected chi connectivity index (χ0v) is 15.8. The largest absolute Gasteiger partial charge is 0.484 e. The predicted molar refractivity (Wildman–Crippen MR) is 100 cm³/mol. The van der Waals surface area contributed by atoms with E-state index in [0.717, 1.165) is 0 Å². The van der Waals surface area contributed by atoms with Gasteiger partial charge in [-0.2, -0.15) is 9.29 Å². The van der Waals surface area contributed by atoms with E-state index in [1.807, 2.05) is 30.3 Å². The van der Waals surface area contributed by atoms with Crippen molar-refractivity contribution < 1.29 is 22.4 Å². The van der Waals surface area contributed by atoms with Crippen molar-refractivity contribution in [1.29, 1.82) is 0 Å². The van der Waals surface area contributed by atoms with E-state index in [1.54, 1.807) is 24.3 Å². The highest BCUT2D eigenvalue weighted by molar-refractivity contribution is 7.89. The first-order chi connectivity index (χ1) is 13.6. The van der Waals surface area contributed by atoms with E-state index >= 15 is 0 Å². The Morgan fingerprint density at radius 1 is 1.00 bits per heavy atom. The number of rotatable bonds is 6. The number of sulfonamides is 1. The SMILES string of the molecule is O=S(=O)(c1ccc(-c2noc(COc3ccccc3)n2)cc1)N1CCOCC1. The van der Waals surface area contributed by atoms with Crippen LogP contribution in [0.4, 0.5) is 0 Å². The van der Waals surface area contributed by atoms with Crippen LogP contribution in [-0.2, 0) is 21.4 Å². The van der Waals surface area contributed by atoms with E-state index in [1.165, 1.54) is 4.31 Å². The molecule has 0 aliphatic carbocycles. The maximum atomic E-state index is 12.7. The lowest BCUT2D eigenvalue weighted by Gasteiger charge is -2.26. The van der Waals surface area contributed by atoms with Gasteiger partial charge in [-0.05, 0) is 36.4 Å². The van der Waals surface area contributed by atoms with Gasteiger partial charge >= 0.3 is 0 Å². The number of hydrogen-bond donors (Lipinski definition) is 0. The molecule has 0 atom stereocenters. The Morgan fingerprint density at radius 3 is 2.43 bits per heavy atom. The number of hydrogen-bond acceptors (Lipinski definition) is 7. The highest BCUT2D eigenvalue weighted by atomic mass is 32.2. The summed E-state index contributed by atoms with van der Waals surface area (Å²) in [5, 5.41) is 3.94. The summed E-state index contributed by atoms with van der Waals surface area (Å²) in [6, 6.07) is 15.8. The Bertz CT molecular complexity index is 1010. The van der Waals surface area contributed by atoms with Crippen LogP contribution in [0.1, 0.15) is 5.89 Å². The fourth-order valence-corrected chi connectivity index (χ4v) is 4.21. The van der Waals surface area contributed by atoms with Gasteiger partial charge in [0, 0.05) is 18.7 Å². The molecule has 8 nitrogen and oxygen atoms in total. The van der Waals surface area contributed by atoms with Crippen molar-refractivity contribution in [3.63, 3.8) is 0 Å². The summed E-state index contributed by atoms with van der Waals surface area (Å²) in [7, 11) is -3.53. The van der Waals surface area contributed by atoms with Crippen molar-refractivity contribution in [2.24, 2.45) is 0 Å². The van der Waals surface area contributed by atoms with Gasteiger partial charge in [-0.3, -0.25) is 0 Å². The Labute approximate surface area is 162 Å². The molecule has 28 heavy (non-hydrogen) atoms. The van der Waals surface area contributed by atoms with E-state index in [9.17, 15) is 8.42 Å². The standard InChI is InChI=1S/C19H19N3O5S/c23-28(24,22-10-12-25-13-11-22)17-8-6-15(7-9-17)19-20-18(27-21-19)14-26-16-4-2-1-3-5-16/h1-9H,10-14H2. The van der Waals surface area contributed by atoms with Crippen LogP contribution in [0.2, 0.25) is 0 Å². The molecule has 0 unspecified atom stereocenters. The van der Waals surface area contributed by atoms with Crippen LogP contribution in [0.5, 0.6) is 5.75 Å². The number of aromatic nitrogens is 2. The van der Waals surface area contributed by atoms with Crippen LogP contribution in [0.3, 0.4) is 0 Å². The van der Waals surface area contributed by atoms with E-state index in [4.69, 9.17) is 14.0 Å². The molecule has 146 valence electrons. The lowest BCUT2D eigenvalue weighted by Crippen LogP contribution is -2.40. The molecule has 1 fully saturated rings. The van der Waals surface area contributed by atoms with Crippen molar-refractivity contribution in [2.45, 2.75) is 11.5 Å². The lowest BCUT2D eigenvalue weighted by molar-refractivity contribution is 0.0730. The van der Waals surface area contributed by atoms with Crippen molar-refractivity contribution in [1.82, 2.24) is 14.4 Å². The van der Waals surface area contributed by atoms with Gasteiger partial charge in [0.2, 0.25) is 15.8 Å². The van der Waals surface area contributed by atoms with E-state index in [0.29, 0.717) is 49.3 Å². The van der Waals surface area contributed by atoms with Crippen LogP contribution < -0.4 is 4.74 Å². The summed E-state index contributed by atoms with van der Waals surface area (Å²) in [6.45, 7) is 1.70. The Morgan fingerprint density at radius 2 is 1.71 bits per heavy atom. The number of ether oxygens (including phenoxy) is 2. The average Bonchev–Trinajstić information content (AvgIpc) is 3.23. The fourth-order valence-electron chi connectivity index (χ4n) is 2.80. The average molecular weight is 401 g/mol. The normalized spacial score (nSPS) is 15.4. The number of nitrogens with zero attached hydrogens (tertiary/aromatic N) is 3.